The van der Waals surface area contributed by atoms with Crippen LogP contribution in [-0.2, 0) is 11.3 Å². The molecule has 0 atom stereocenters. The highest BCUT2D eigenvalue weighted by Gasteiger charge is 1.98. The first-order valence-electron chi connectivity index (χ1n) is 6.61. The van der Waals surface area contributed by atoms with Crippen LogP contribution in [0.25, 0.3) is 0 Å². The minimum atomic E-state index is 0.495. The summed E-state index contributed by atoms with van der Waals surface area (Å²) < 4.78 is 10.2. The van der Waals surface area contributed by atoms with Crippen LogP contribution in [0.2, 0.25) is 0 Å². The number of methoxy groups -OCH3 is 1. The molecule has 0 unspecified atom stereocenters. The normalized spacial score (nSPS) is 11.2. The van der Waals surface area contributed by atoms with Gasteiger partial charge in [0.25, 0.3) is 0 Å². The summed E-state index contributed by atoms with van der Waals surface area (Å²) in [6, 6.07) is 3.72. The van der Waals surface area contributed by atoms with Crippen molar-refractivity contribution in [3.05, 3.63) is 23.9 Å². The van der Waals surface area contributed by atoms with E-state index in [4.69, 9.17) is 15.3 Å². The highest BCUT2D eigenvalue weighted by Crippen LogP contribution is 2.07. The van der Waals surface area contributed by atoms with Gasteiger partial charge in [0.1, 0.15) is 0 Å². The lowest BCUT2D eigenvalue weighted by Crippen LogP contribution is -2.42. The van der Waals surface area contributed by atoms with Gasteiger partial charge in [-0.3, -0.25) is 5.43 Å². The average Bonchev–Trinajstić information content (AvgIpc) is 2.50. The molecule has 7 nitrogen and oxygen atoms in total. The lowest BCUT2D eigenvalue weighted by molar-refractivity contribution is 0.145. The first kappa shape index (κ1) is 16.2. The molecule has 0 aliphatic carbocycles. The molecule has 1 aromatic rings. The van der Waals surface area contributed by atoms with Gasteiger partial charge >= 0.3 is 0 Å². The standard InChI is InChI=1S/C13H23N5O2/c1-3-20-8-4-7-15-13(18-14)17-10-11-5-6-12(19-2)16-9-11/h5-6,9H,3-4,7-8,10,14H2,1-2H3,(H2,15,17,18). The second kappa shape index (κ2) is 9.99. The van der Waals surface area contributed by atoms with Gasteiger partial charge in [0.05, 0.1) is 13.7 Å². The second-order valence-corrected chi connectivity index (χ2v) is 4.00. The first-order chi connectivity index (χ1) is 9.80. The summed E-state index contributed by atoms with van der Waals surface area (Å²) in [5, 5.41) is 3.11. The van der Waals surface area contributed by atoms with E-state index in [1.807, 2.05) is 13.0 Å². The highest BCUT2D eigenvalue weighted by molar-refractivity contribution is 5.79. The number of nitrogens with two attached hydrogens (primary N) is 1. The SMILES string of the molecule is CCOCCCNC(=NCc1ccc(OC)nc1)NN. The molecule has 0 amide bonds. The molecular weight excluding hydrogens is 258 g/mol. The van der Waals surface area contributed by atoms with E-state index in [9.17, 15) is 0 Å². The number of rotatable bonds is 8. The summed E-state index contributed by atoms with van der Waals surface area (Å²) in [7, 11) is 1.59. The van der Waals surface area contributed by atoms with Crippen molar-refractivity contribution in [2.24, 2.45) is 10.8 Å². The van der Waals surface area contributed by atoms with E-state index in [0.717, 1.165) is 31.7 Å². The van der Waals surface area contributed by atoms with Crippen LogP contribution in [0.1, 0.15) is 18.9 Å². The monoisotopic (exact) mass is 281 g/mol. The Morgan fingerprint density at radius 2 is 2.30 bits per heavy atom. The maximum Gasteiger partial charge on any atom is 0.212 e. The molecule has 0 spiro atoms. The Balaban J connectivity index is 2.35. The number of aromatic nitrogens is 1. The van der Waals surface area contributed by atoms with Gasteiger partial charge in [-0.05, 0) is 18.9 Å². The fourth-order valence-electron chi connectivity index (χ4n) is 1.47. The van der Waals surface area contributed by atoms with Crippen LogP contribution in [0, 0.1) is 0 Å². The number of nitrogens with one attached hydrogen (secondary N) is 2. The molecule has 0 radical (unpaired) electrons. The van der Waals surface area contributed by atoms with E-state index in [1.54, 1.807) is 19.4 Å². The molecule has 112 valence electrons. The third kappa shape index (κ3) is 6.35. The van der Waals surface area contributed by atoms with Crippen molar-refractivity contribution in [2.45, 2.75) is 19.9 Å². The third-order valence-electron chi connectivity index (χ3n) is 2.53. The van der Waals surface area contributed by atoms with Crippen LogP contribution in [-0.4, -0.2) is 37.8 Å². The molecule has 1 aromatic heterocycles. The molecule has 1 rings (SSSR count). The molecule has 0 aliphatic rings. The van der Waals surface area contributed by atoms with Crippen molar-refractivity contribution in [2.75, 3.05) is 26.9 Å². The molecular formula is C13H23N5O2. The Morgan fingerprint density at radius 1 is 1.45 bits per heavy atom. The zero-order valence-corrected chi connectivity index (χ0v) is 12.1. The van der Waals surface area contributed by atoms with Gasteiger partial charge in [0.2, 0.25) is 11.8 Å². The van der Waals surface area contributed by atoms with Crippen LogP contribution in [0.5, 0.6) is 5.88 Å². The van der Waals surface area contributed by atoms with Crippen molar-refractivity contribution in [3.63, 3.8) is 0 Å². The molecule has 0 bridgehead atoms. The maximum absolute atomic E-state index is 5.41. The molecule has 4 N–H and O–H groups in total. The summed E-state index contributed by atoms with van der Waals surface area (Å²) in [4.78, 5) is 8.45. The summed E-state index contributed by atoms with van der Waals surface area (Å²) in [5.74, 6) is 6.55. The quantitative estimate of drug-likeness (QED) is 0.210. The topological polar surface area (TPSA) is 93.8 Å². The van der Waals surface area contributed by atoms with Gasteiger partial charge in [-0.2, -0.15) is 0 Å². The predicted octanol–water partition coefficient (Wildman–Crippen LogP) is 0.426. The number of hydrogen-bond acceptors (Lipinski definition) is 5. The third-order valence-corrected chi connectivity index (χ3v) is 2.53. The van der Waals surface area contributed by atoms with Gasteiger partial charge < -0.3 is 14.8 Å². The average molecular weight is 281 g/mol. The molecule has 0 fully saturated rings. The predicted molar refractivity (Wildman–Crippen MR) is 78.4 cm³/mol. The number of guanidine groups is 1. The number of aliphatic imine (C=N–C) groups is 1. The number of hydrazine groups is 1. The van der Waals surface area contributed by atoms with Crippen LogP contribution >= 0.6 is 0 Å². The molecule has 20 heavy (non-hydrogen) atoms. The van der Waals surface area contributed by atoms with Crippen molar-refractivity contribution >= 4 is 5.96 Å². The van der Waals surface area contributed by atoms with Crippen molar-refractivity contribution in [1.82, 2.24) is 15.7 Å². The Labute approximate surface area is 119 Å². The summed E-state index contributed by atoms with van der Waals surface area (Å²) in [5.41, 5.74) is 3.52. The van der Waals surface area contributed by atoms with E-state index >= 15 is 0 Å². The van der Waals surface area contributed by atoms with Crippen LogP contribution in [0.15, 0.2) is 23.3 Å². The van der Waals surface area contributed by atoms with Gasteiger partial charge in [-0.1, -0.05) is 6.07 Å². The molecule has 0 aliphatic heterocycles. The van der Waals surface area contributed by atoms with Gasteiger partial charge in [-0.25, -0.2) is 15.8 Å². The Kier molecular flexibility index (Phi) is 8.09. The molecule has 7 heteroatoms. The zero-order valence-electron chi connectivity index (χ0n) is 12.1. The van der Waals surface area contributed by atoms with Gasteiger partial charge in [0, 0.05) is 32.0 Å². The largest absolute Gasteiger partial charge is 0.481 e. The van der Waals surface area contributed by atoms with Gasteiger partial charge in [-0.15, -0.1) is 0 Å². The fraction of sp³-hybridized carbons (Fsp3) is 0.538. The van der Waals surface area contributed by atoms with Crippen molar-refractivity contribution in [3.8, 4) is 5.88 Å². The zero-order chi connectivity index (χ0) is 14.6. The summed E-state index contributed by atoms with van der Waals surface area (Å²) >= 11 is 0. The first-order valence-corrected chi connectivity index (χ1v) is 6.61. The van der Waals surface area contributed by atoms with Crippen LogP contribution < -0.4 is 21.3 Å². The minimum absolute atomic E-state index is 0.495. The second-order valence-electron chi connectivity index (χ2n) is 4.00. The number of pyridine rings is 1. The van der Waals surface area contributed by atoms with Crippen molar-refractivity contribution in [1.29, 1.82) is 0 Å². The van der Waals surface area contributed by atoms with Crippen molar-refractivity contribution < 1.29 is 9.47 Å². The lowest BCUT2D eigenvalue weighted by atomic mass is 10.3. The molecule has 0 saturated carbocycles. The number of nitrogens with zero attached hydrogens (tertiary/aromatic N) is 2. The summed E-state index contributed by atoms with van der Waals surface area (Å²) in [6.07, 6.45) is 2.63. The Bertz CT molecular complexity index is 394. The molecule has 0 aromatic carbocycles. The minimum Gasteiger partial charge on any atom is -0.481 e. The molecule has 0 saturated heterocycles. The Morgan fingerprint density at radius 3 is 2.90 bits per heavy atom. The van der Waals surface area contributed by atoms with Gasteiger partial charge in [0.15, 0.2) is 0 Å². The van der Waals surface area contributed by atoms with E-state index in [2.05, 4.69) is 20.7 Å². The number of ether oxygens (including phenoxy) is 2. The maximum atomic E-state index is 5.41. The smallest absolute Gasteiger partial charge is 0.212 e. The van der Waals surface area contributed by atoms with E-state index < -0.39 is 0 Å². The molecule has 1 heterocycles. The van der Waals surface area contributed by atoms with Crippen LogP contribution in [0.3, 0.4) is 0 Å². The van der Waals surface area contributed by atoms with E-state index in [-0.39, 0.29) is 0 Å². The fourth-order valence-corrected chi connectivity index (χ4v) is 1.47. The Hall–Kier alpha value is -1.86. The number of hydrogen-bond donors (Lipinski definition) is 3. The van der Waals surface area contributed by atoms with E-state index in [1.165, 1.54) is 0 Å². The van der Waals surface area contributed by atoms with E-state index in [0.29, 0.717) is 18.4 Å². The highest BCUT2D eigenvalue weighted by atomic mass is 16.5. The van der Waals surface area contributed by atoms with Crippen LogP contribution in [0.4, 0.5) is 0 Å². The lowest BCUT2D eigenvalue weighted by Gasteiger charge is -2.09. The summed E-state index contributed by atoms with van der Waals surface area (Å²) in [6.45, 7) is 4.69.